The van der Waals surface area contributed by atoms with E-state index >= 15 is 0 Å². The molecule has 1 aromatic heterocycles. The molecule has 0 aliphatic heterocycles. The van der Waals surface area contributed by atoms with Crippen LogP contribution in [-0.2, 0) is 17.6 Å². The summed E-state index contributed by atoms with van der Waals surface area (Å²) in [5, 5.41) is 4.21. The molecule has 0 aromatic carbocycles. The molecule has 4 nitrogen and oxygen atoms in total. The smallest absolute Gasteiger partial charge is 0.434 e. The molecule has 1 heterocycles. The summed E-state index contributed by atoms with van der Waals surface area (Å²) in [4.78, 5) is 11.3. The molecule has 76 valence electrons. The molecular formula is C10H14N2O2. The monoisotopic (exact) mass is 194 g/mol. The van der Waals surface area contributed by atoms with Gasteiger partial charge in [-0.25, -0.2) is 4.79 Å². The summed E-state index contributed by atoms with van der Waals surface area (Å²) in [7, 11) is 0. The number of carbonyl (C=O) groups is 1. The van der Waals surface area contributed by atoms with Crippen LogP contribution in [0.25, 0.3) is 0 Å². The third-order valence-electron chi connectivity index (χ3n) is 2.44. The zero-order chi connectivity index (χ0) is 9.97. The van der Waals surface area contributed by atoms with Gasteiger partial charge >= 0.3 is 6.09 Å². The lowest BCUT2D eigenvalue weighted by atomic mass is 9.99. The summed E-state index contributed by atoms with van der Waals surface area (Å²) in [6.07, 6.45) is 5.82. The predicted molar refractivity (Wildman–Crippen MR) is 51.3 cm³/mol. The van der Waals surface area contributed by atoms with Crippen molar-refractivity contribution in [1.82, 2.24) is 9.78 Å². The summed E-state index contributed by atoms with van der Waals surface area (Å²) in [6, 6.07) is 0. The molecule has 0 radical (unpaired) electrons. The first-order chi connectivity index (χ1) is 6.81. The van der Waals surface area contributed by atoms with Gasteiger partial charge in [-0.05, 0) is 38.2 Å². The molecule has 0 fully saturated rings. The fourth-order valence-electron chi connectivity index (χ4n) is 1.76. The lowest BCUT2D eigenvalue weighted by Crippen LogP contribution is -2.14. The first-order valence-corrected chi connectivity index (χ1v) is 5.06. The Bertz CT molecular complexity index is 320. The van der Waals surface area contributed by atoms with E-state index in [1.165, 1.54) is 23.1 Å². The Labute approximate surface area is 82.9 Å². The molecule has 0 bridgehead atoms. The van der Waals surface area contributed by atoms with E-state index in [0.717, 1.165) is 18.5 Å². The topological polar surface area (TPSA) is 44.1 Å². The second-order valence-electron chi connectivity index (χ2n) is 3.45. The van der Waals surface area contributed by atoms with Crippen molar-refractivity contribution in [2.24, 2.45) is 0 Å². The van der Waals surface area contributed by atoms with Crippen LogP contribution in [0.2, 0.25) is 0 Å². The number of ether oxygens (including phenoxy) is 1. The Morgan fingerprint density at radius 1 is 1.57 bits per heavy atom. The van der Waals surface area contributed by atoms with Crippen LogP contribution < -0.4 is 0 Å². The minimum absolute atomic E-state index is 0.373. The van der Waals surface area contributed by atoms with Crippen molar-refractivity contribution in [2.75, 3.05) is 6.61 Å². The number of fused-ring (bicyclic) bond motifs is 1. The molecule has 0 saturated carbocycles. The summed E-state index contributed by atoms with van der Waals surface area (Å²) in [5.74, 6) is 0. The lowest BCUT2D eigenvalue weighted by Gasteiger charge is -2.06. The first kappa shape index (κ1) is 9.24. The molecule has 1 aliphatic rings. The molecule has 0 spiro atoms. The Kier molecular flexibility index (Phi) is 2.52. The molecular weight excluding hydrogens is 180 g/mol. The normalized spacial score (nSPS) is 14.9. The van der Waals surface area contributed by atoms with Crippen LogP contribution in [0.15, 0.2) is 6.20 Å². The standard InChI is InChI=1S/C10H14N2O2/c1-2-14-10(13)12-7-8-5-3-4-6-9(8)11-12/h7H,2-6H2,1H3. The predicted octanol–water partition coefficient (Wildman–Crippen LogP) is 1.77. The minimum atomic E-state index is -0.373. The summed E-state index contributed by atoms with van der Waals surface area (Å²) in [5.41, 5.74) is 2.26. The van der Waals surface area contributed by atoms with E-state index in [0.29, 0.717) is 6.61 Å². The van der Waals surface area contributed by atoms with E-state index < -0.39 is 0 Å². The second kappa shape index (κ2) is 3.82. The van der Waals surface area contributed by atoms with Crippen LogP contribution in [0.3, 0.4) is 0 Å². The molecule has 0 atom stereocenters. The van der Waals surface area contributed by atoms with Gasteiger partial charge in [-0.15, -0.1) is 0 Å². The van der Waals surface area contributed by atoms with E-state index in [1.807, 2.05) is 0 Å². The van der Waals surface area contributed by atoms with Crippen molar-refractivity contribution in [2.45, 2.75) is 32.6 Å². The quantitative estimate of drug-likeness (QED) is 0.684. The third kappa shape index (κ3) is 1.64. The van der Waals surface area contributed by atoms with Crippen LogP contribution in [0.5, 0.6) is 0 Å². The molecule has 0 amide bonds. The molecule has 1 aromatic rings. The zero-order valence-electron chi connectivity index (χ0n) is 8.32. The average molecular weight is 194 g/mol. The number of aryl methyl sites for hydroxylation is 2. The van der Waals surface area contributed by atoms with Crippen LogP contribution in [0.1, 0.15) is 31.0 Å². The van der Waals surface area contributed by atoms with Gasteiger partial charge in [0.25, 0.3) is 0 Å². The maximum absolute atomic E-state index is 11.3. The molecule has 0 N–H and O–H groups in total. The Hall–Kier alpha value is -1.32. The first-order valence-electron chi connectivity index (χ1n) is 5.06. The van der Waals surface area contributed by atoms with Crippen LogP contribution >= 0.6 is 0 Å². The maximum Gasteiger partial charge on any atom is 0.434 e. The molecule has 14 heavy (non-hydrogen) atoms. The van der Waals surface area contributed by atoms with E-state index in [1.54, 1.807) is 13.1 Å². The van der Waals surface area contributed by atoms with Gasteiger partial charge in [-0.3, -0.25) is 0 Å². The van der Waals surface area contributed by atoms with Crippen molar-refractivity contribution in [1.29, 1.82) is 0 Å². The highest BCUT2D eigenvalue weighted by Crippen LogP contribution is 2.19. The highest BCUT2D eigenvalue weighted by molar-refractivity contribution is 5.69. The van der Waals surface area contributed by atoms with Gasteiger partial charge in [0.1, 0.15) is 0 Å². The zero-order valence-corrected chi connectivity index (χ0v) is 8.32. The largest absolute Gasteiger partial charge is 0.448 e. The van der Waals surface area contributed by atoms with E-state index in [2.05, 4.69) is 5.10 Å². The summed E-state index contributed by atoms with van der Waals surface area (Å²) in [6.45, 7) is 2.19. The summed E-state index contributed by atoms with van der Waals surface area (Å²) < 4.78 is 6.19. The molecule has 2 rings (SSSR count). The van der Waals surface area contributed by atoms with Crippen LogP contribution in [-0.4, -0.2) is 22.5 Å². The van der Waals surface area contributed by atoms with Crippen molar-refractivity contribution in [3.63, 3.8) is 0 Å². The van der Waals surface area contributed by atoms with Gasteiger partial charge in [0, 0.05) is 6.20 Å². The number of hydrogen-bond acceptors (Lipinski definition) is 3. The SMILES string of the molecule is CCOC(=O)n1cc2c(n1)CCCC2. The molecule has 4 heteroatoms. The van der Waals surface area contributed by atoms with E-state index in [9.17, 15) is 4.79 Å². The Morgan fingerprint density at radius 3 is 3.07 bits per heavy atom. The van der Waals surface area contributed by atoms with E-state index in [-0.39, 0.29) is 6.09 Å². The van der Waals surface area contributed by atoms with Gasteiger partial charge in [0.2, 0.25) is 0 Å². The van der Waals surface area contributed by atoms with Crippen molar-refractivity contribution in [3.05, 3.63) is 17.5 Å². The average Bonchev–Trinajstić information content (AvgIpc) is 2.61. The fourth-order valence-corrected chi connectivity index (χ4v) is 1.76. The number of hydrogen-bond donors (Lipinski definition) is 0. The molecule has 0 unspecified atom stereocenters. The van der Waals surface area contributed by atoms with Crippen LogP contribution in [0, 0.1) is 0 Å². The van der Waals surface area contributed by atoms with Gasteiger partial charge in [0.05, 0.1) is 12.3 Å². The van der Waals surface area contributed by atoms with E-state index in [4.69, 9.17) is 4.74 Å². The summed E-state index contributed by atoms with van der Waals surface area (Å²) >= 11 is 0. The van der Waals surface area contributed by atoms with Gasteiger partial charge in [-0.1, -0.05) is 0 Å². The van der Waals surface area contributed by atoms with Crippen molar-refractivity contribution < 1.29 is 9.53 Å². The van der Waals surface area contributed by atoms with Gasteiger partial charge < -0.3 is 4.74 Å². The molecule has 1 aliphatic carbocycles. The second-order valence-corrected chi connectivity index (χ2v) is 3.45. The number of nitrogens with zero attached hydrogens (tertiary/aromatic N) is 2. The number of rotatable bonds is 1. The van der Waals surface area contributed by atoms with Gasteiger partial charge in [0.15, 0.2) is 0 Å². The fraction of sp³-hybridized carbons (Fsp3) is 0.600. The number of aromatic nitrogens is 2. The molecule has 0 saturated heterocycles. The highest BCUT2D eigenvalue weighted by atomic mass is 16.5. The Morgan fingerprint density at radius 2 is 2.36 bits per heavy atom. The van der Waals surface area contributed by atoms with Crippen molar-refractivity contribution >= 4 is 6.09 Å². The minimum Gasteiger partial charge on any atom is -0.448 e. The lowest BCUT2D eigenvalue weighted by molar-refractivity contribution is 0.150. The third-order valence-corrected chi connectivity index (χ3v) is 2.44. The Balaban J connectivity index is 2.19. The number of carbonyl (C=O) groups excluding carboxylic acids is 1. The highest BCUT2D eigenvalue weighted by Gasteiger charge is 2.16. The van der Waals surface area contributed by atoms with Crippen molar-refractivity contribution in [3.8, 4) is 0 Å². The maximum atomic E-state index is 11.3. The van der Waals surface area contributed by atoms with Crippen LogP contribution in [0.4, 0.5) is 4.79 Å². The van der Waals surface area contributed by atoms with Gasteiger partial charge in [-0.2, -0.15) is 9.78 Å².